The highest BCUT2D eigenvalue weighted by molar-refractivity contribution is 5.96. The maximum atomic E-state index is 12.6. The second-order valence-corrected chi connectivity index (χ2v) is 7.20. The van der Waals surface area contributed by atoms with Gasteiger partial charge in [0.25, 0.3) is 5.91 Å². The van der Waals surface area contributed by atoms with Crippen molar-refractivity contribution >= 4 is 17.5 Å². The van der Waals surface area contributed by atoms with Crippen LogP contribution in [0.25, 0.3) is 0 Å². The first kappa shape index (κ1) is 18.2. The smallest absolute Gasteiger partial charge is 0.253 e. The summed E-state index contributed by atoms with van der Waals surface area (Å²) in [5, 5.41) is 2.91. The third-order valence-corrected chi connectivity index (χ3v) is 5.10. The summed E-state index contributed by atoms with van der Waals surface area (Å²) in [6.07, 6.45) is 2.48. The largest absolute Gasteiger partial charge is 0.339 e. The molecule has 2 aromatic carbocycles. The fraction of sp³-hybridized carbons (Fsp3) is 0.364. The molecule has 4 heteroatoms. The molecule has 136 valence electrons. The van der Waals surface area contributed by atoms with Crippen molar-refractivity contribution in [2.24, 2.45) is 5.92 Å². The average Bonchev–Trinajstić information content (AvgIpc) is 2.64. The predicted molar refractivity (Wildman–Crippen MR) is 104 cm³/mol. The molecule has 1 saturated heterocycles. The summed E-state index contributed by atoms with van der Waals surface area (Å²) < 4.78 is 0. The van der Waals surface area contributed by atoms with Gasteiger partial charge in [0.15, 0.2) is 0 Å². The topological polar surface area (TPSA) is 49.4 Å². The van der Waals surface area contributed by atoms with Crippen LogP contribution < -0.4 is 5.32 Å². The molecular formula is C22H26N2O2. The van der Waals surface area contributed by atoms with Crippen molar-refractivity contribution in [3.05, 3.63) is 65.2 Å². The number of piperidine rings is 1. The van der Waals surface area contributed by atoms with E-state index in [2.05, 4.69) is 12.2 Å². The van der Waals surface area contributed by atoms with Crippen LogP contribution in [0.1, 0.15) is 41.3 Å². The van der Waals surface area contributed by atoms with Gasteiger partial charge in [-0.15, -0.1) is 0 Å². The number of nitrogens with zero attached hydrogens (tertiary/aromatic N) is 1. The van der Waals surface area contributed by atoms with E-state index in [4.69, 9.17) is 0 Å². The summed E-state index contributed by atoms with van der Waals surface area (Å²) in [5.41, 5.74) is 3.53. The molecule has 0 spiro atoms. The van der Waals surface area contributed by atoms with Gasteiger partial charge in [-0.2, -0.15) is 0 Å². The zero-order valence-electron chi connectivity index (χ0n) is 15.5. The van der Waals surface area contributed by atoms with E-state index in [1.807, 2.05) is 36.1 Å². The van der Waals surface area contributed by atoms with Gasteiger partial charge in [0.1, 0.15) is 0 Å². The molecular weight excluding hydrogens is 324 g/mol. The van der Waals surface area contributed by atoms with E-state index in [9.17, 15) is 9.59 Å². The Labute approximate surface area is 155 Å². The first-order valence-corrected chi connectivity index (χ1v) is 9.26. The fourth-order valence-electron chi connectivity index (χ4n) is 3.28. The molecule has 0 bridgehead atoms. The summed E-state index contributed by atoms with van der Waals surface area (Å²) in [6, 6.07) is 15.1. The number of anilines is 1. The van der Waals surface area contributed by atoms with E-state index >= 15 is 0 Å². The highest BCUT2D eigenvalue weighted by atomic mass is 16.2. The van der Waals surface area contributed by atoms with Gasteiger partial charge in [0.05, 0.1) is 6.42 Å². The Balaban J connectivity index is 1.58. The third kappa shape index (κ3) is 4.51. The zero-order valence-corrected chi connectivity index (χ0v) is 15.5. The van der Waals surface area contributed by atoms with Gasteiger partial charge in [-0.1, -0.05) is 31.2 Å². The highest BCUT2D eigenvalue weighted by Crippen LogP contribution is 2.19. The Kier molecular flexibility index (Phi) is 5.71. The van der Waals surface area contributed by atoms with Crippen LogP contribution in [-0.2, 0) is 11.2 Å². The normalized spacial score (nSPS) is 14.9. The Bertz CT molecular complexity index is 775. The lowest BCUT2D eigenvalue weighted by molar-refractivity contribution is -0.115. The number of likely N-dealkylation sites (tertiary alicyclic amines) is 1. The van der Waals surface area contributed by atoms with Gasteiger partial charge in [-0.05, 0) is 61.1 Å². The first-order valence-electron chi connectivity index (χ1n) is 9.26. The van der Waals surface area contributed by atoms with Crippen LogP contribution in [0.5, 0.6) is 0 Å². The second-order valence-electron chi connectivity index (χ2n) is 7.20. The van der Waals surface area contributed by atoms with Crippen molar-refractivity contribution in [1.82, 2.24) is 4.90 Å². The van der Waals surface area contributed by atoms with Crippen LogP contribution in [0.15, 0.2) is 48.5 Å². The molecule has 4 nitrogen and oxygen atoms in total. The molecule has 2 amide bonds. The number of aryl methyl sites for hydroxylation is 1. The lowest BCUT2D eigenvalue weighted by atomic mass is 9.98. The quantitative estimate of drug-likeness (QED) is 0.904. The van der Waals surface area contributed by atoms with Crippen molar-refractivity contribution in [3.63, 3.8) is 0 Å². The standard InChI is InChI=1S/C22H26N2O2/c1-16-11-13-24(14-12-16)22(26)18-7-9-20(10-8-18)23-21(25)15-19-6-4-3-5-17(19)2/h3-10,16H,11-15H2,1-2H3,(H,23,25). The summed E-state index contributed by atoms with van der Waals surface area (Å²) in [6.45, 7) is 5.89. The molecule has 1 aliphatic heterocycles. The number of hydrogen-bond acceptors (Lipinski definition) is 2. The molecule has 0 aliphatic carbocycles. The van der Waals surface area contributed by atoms with Crippen molar-refractivity contribution in [3.8, 4) is 0 Å². The van der Waals surface area contributed by atoms with Gasteiger partial charge in [-0.25, -0.2) is 0 Å². The van der Waals surface area contributed by atoms with Crippen LogP contribution in [0.2, 0.25) is 0 Å². The summed E-state index contributed by atoms with van der Waals surface area (Å²) >= 11 is 0. The van der Waals surface area contributed by atoms with Crippen LogP contribution in [0.3, 0.4) is 0 Å². The number of carbonyl (C=O) groups is 2. The molecule has 26 heavy (non-hydrogen) atoms. The third-order valence-electron chi connectivity index (χ3n) is 5.10. The van der Waals surface area contributed by atoms with E-state index in [-0.39, 0.29) is 11.8 Å². The molecule has 3 rings (SSSR count). The molecule has 2 aromatic rings. The van der Waals surface area contributed by atoms with Crippen LogP contribution >= 0.6 is 0 Å². The van der Waals surface area contributed by atoms with Crippen molar-refractivity contribution in [2.45, 2.75) is 33.1 Å². The van der Waals surface area contributed by atoms with Gasteiger partial charge in [-0.3, -0.25) is 9.59 Å². The Morgan fingerprint density at radius 3 is 2.35 bits per heavy atom. The Morgan fingerprint density at radius 2 is 1.69 bits per heavy atom. The summed E-state index contributed by atoms with van der Waals surface area (Å²) in [7, 11) is 0. The lowest BCUT2D eigenvalue weighted by Gasteiger charge is -2.30. The molecule has 1 heterocycles. The van der Waals surface area contributed by atoms with Crippen molar-refractivity contribution in [1.29, 1.82) is 0 Å². The number of nitrogens with one attached hydrogen (secondary N) is 1. The fourth-order valence-corrected chi connectivity index (χ4v) is 3.28. The van der Waals surface area contributed by atoms with Crippen molar-refractivity contribution in [2.75, 3.05) is 18.4 Å². The van der Waals surface area contributed by atoms with Gasteiger partial charge < -0.3 is 10.2 Å². The second kappa shape index (κ2) is 8.17. The number of amides is 2. The predicted octanol–water partition coefficient (Wildman–Crippen LogP) is 4.05. The first-order chi connectivity index (χ1) is 12.5. The minimum Gasteiger partial charge on any atom is -0.339 e. The average molecular weight is 350 g/mol. The van der Waals surface area contributed by atoms with Crippen molar-refractivity contribution < 1.29 is 9.59 Å². The molecule has 0 saturated carbocycles. The minimum atomic E-state index is -0.0524. The number of rotatable bonds is 4. The molecule has 0 aromatic heterocycles. The van der Waals surface area contributed by atoms with E-state index in [0.717, 1.165) is 37.1 Å². The van der Waals surface area contributed by atoms with Crippen LogP contribution in [0, 0.1) is 12.8 Å². The maximum absolute atomic E-state index is 12.6. The maximum Gasteiger partial charge on any atom is 0.253 e. The number of benzene rings is 2. The monoisotopic (exact) mass is 350 g/mol. The van der Waals surface area contributed by atoms with E-state index < -0.39 is 0 Å². The van der Waals surface area contributed by atoms with E-state index in [1.54, 1.807) is 24.3 Å². The molecule has 1 aliphatic rings. The van der Waals surface area contributed by atoms with Crippen LogP contribution in [0.4, 0.5) is 5.69 Å². The SMILES string of the molecule is Cc1ccccc1CC(=O)Nc1ccc(C(=O)N2CCC(C)CC2)cc1. The zero-order chi connectivity index (χ0) is 18.5. The van der Waals surface area contributed by atoms with Gasteiger partial charge in [0, 0.05) is 24.3 Å². The van der Waals surface area contributed by atoms with E-state index in [0.29, 0.717) is 23.6 Å². The highest BCUT2D eigenvalue weighted by Gasteiger charge is 2.21. The molecule has 1 fully saturated rings. The van der Waals surface area contributed by atoms with Gasteiger partial charge >= 0.3 is 0 Å². The lowest BCUT2D eigenvalue weighted by Crippen LogP contribution is -2.37. The van der Waals surface area contributed by atoms with Gasteiger partial charge in [0.2, 0.25) is 5.91 Å². The summed E-state index contributed by atoms with van der Waals surface area (Å²) in [4.78, 5) is 26.7. The number of hydrogen-bond donors (Lipinski definition) is 1. The molecule has 0 radical (unpaired) electrons. The summed E-state index contributed by atoms with van der Waals surface area (Å²) in [5.74, 6) is 0.725. The van der Waals surface area contributed by atoms with E-state index in [1.165, 1.54) is 0 Å². The molecule has 1 N–H and O–H groups in total. The van der Waals surface area contributed by atoms with Crippen LogP contribution in [-0.4, -0.2) is 29.8 Å². The Hall–Kier alpha value is -2.62. The molecule has 0 unspecified atom stereocenters. The number of carbonyl (C=O) groups excluding carboxylic acids is 2. The molecule has 0 atom stereocenters. The Morgan fingerprint density at radius 1 is 1.04 bits per heavy atom. The minimum absolute atomic E-state index is 0.0524.